The van der Waals surface area contributed by atoms with Crippen LogP contribution in [0.4, 0.5) is 24.5 Å². The number of nitrogens with one attached hydrogen (secondary N) is 1. The highest BCUT2D eigenvalue weighted by molar-refractivity contribution is 5.49. The first-order chi connectivity index (χ1) is 10.3. The highest BCUT2D eigenvalue weighted by atomic mass is 19.4. The predicted molar refractivity (Wildman–Crippen MR) is 73.5 cm³/mol. The van der Waals surface area contributed by atoms with Crippen molar-refractivity contribution in [2.75, 3.05) is 5.32 Å². The Hall–Kier alpha value is -2.77. The number of ether oxygens (including phenoxy) is 1. The minimum atomic E-state index is -4.76. The highest BCUT2D eigenvalue weighted by Gasteiger charge is 2.31. The fourth-order valence-electron chi connectivity index (χ4n) is 1.77. The van der Waals surface area contributed by atoms with Crippen LogP contribution in [0.3, 0.4) is 0 Å². The second-order valence-electron chi connectivity index (χ2n) is 4.31. The van der Waals surface area contributed by atoms with Crippen LogP contribution in [-0.4, -0.2) is 11.3 Å². The van der Waals surface area contributed by atoms with E-state index in [0.29, 0.717) is 11.3 Å². The molecule has 0 spiro atoms. The lowest BCUT2D eigenvalue weighted by atomic mass is 10.2. The summed E-state index contributed by atoms with van der Waals surface area (Å²) in [7, 11) is 0. The van der Waals surface area contributed by atoms with Crippen LogP contribution in [0.25, 0.3) is 0 Å². The maximum Gasteiger partial charge on any atom is 0.573 e. The standard InChI is InChI=1S/C14H11F3N2O3/c15-14(16,17)22-13-4-2-1-3-10(13)9-18-11-5-7-12(8-6-11)19(20)21/h1-8,18H,9H2. The van der Waals surface area contributed by atoms with E-state index in [9.17, 15) is 23.3 Å². The van der Waals surface area contributed by atoms with E-state index in [1.165, 1.54) is 42.5 Å². The zero-order valence-corrected chi connectivity index (χ0v) is 11.1. The number of non-ortho nitro benzene ring substituents is 1. The summed E-state index contributed by atoms with van der Waals surface area (Å²) in [5.41, 5.74) is 0.803. The molecule has 116 valence electrons. The van der Waals surface area contributed by atoms with E-state index < -0.39 is 11.3 Å². The van der Waals surface area contributed by atoms with Gasteiger partial charge in [0.2, 0.25) is 0 Å². The molecule has 0 aliphatic carbocycles. The zero-order chi connectivity index (χ0) is 16.2. The molecule has 0 aromatic heterocycles. The van der Waals surface area contributed by atoms with Gasteiger partial charge in [0.05, 0.1) is 4.92 Å². The quantitative estimate of drug-likeness (QED) is 0.666. The average molecular weight is 312 g/mol. The first-order valence-electron chi connectivity index (χ1n) is 6.17. The van der Waals surface area contributed by atoms with Gasteiger partial charge in [0.1, 0.15) is 5.75 Å². The predicted octanol–water partition coefficient (Wildman–Crippen LogP) is 4.11. The molecule has 0 radical (unpaired) electrons. The number of para-hydroxylation sites is 1. The number of alkyl halides is 3. The normalized spacial score (nSPS) is 11.0. The van der Waals surface area contributed by atoms with Gasteiger partial charge in [0.25, 0.3) is 5.69 Å². The largest absolute Gasteiger partial charge is 0.573 e. The van der Waals surface area contributed by atoms with Crippen molar-refractivity contribution in [3.8, 4) is 5.75 Å². The van der Waals surface area contributed by atoms with Crippen LogP contribution >= 0.6 is 0 Å². The minimum Gasteiger partial charge on any atom is -0.405 e. The molecule has 2 aromatic rings. The summed E-state index contributed by atoms with van der Waals surface area (Å²) in [6, 6.07) is 11.3. The maximum atomic E-state index is 12.3. The van der Waals surface area contributed by atoms with E-state index in [1.807, 2.05) is 0 Å². The molecule has 5 nitrogen and oxygen atoms in total. The van der Waals surface area contributed by atoms with Crippen molar-refractivity contribution in [3.05, 3.63) is 64.2 Å². The van der Waals surface area contributed by atoms with Crippen molar-refractivity contribution < 1.29 is 22.8 Å². The van der Waals surface area contributed by atoms with E-state index in [1.54, 1.807) is 6.07 Å². The molecule has 22 heavy (non-hydrogen) atoms. The smallest absolute Gasteiger partial charge is 0.405 e. The van der Waals surface area contributed by atoms with Crippen molar-refractivity contribution in [2.24, 2.45) is 0 Å². The third-order valence-electron chi connectivity index (χ3n) is 2.76. The van der Waals surface area contributed by atoms with E-state index in [2.05, 4.69) is 10.1 Å². The van der Waals surface area contributed by atoms with Gasteiger partial charge in [0, 0.05) is 29.9 Å². The van der Waals surface area contributed by atoms with Gasteiger partial charge in [-0.25, -0.2) is 0 Å². The number of nitro benzene ring substituents is 1. The third-order valence-corrected chi connectivity index (χ3v) is 2.76. The van der Waals surface area contributed by atoms with Gasteiger partial charge in [-0.15, -0.1) is 13.2 Å². The molecule has 0 heterocycles. The number of hydrogen-bond donors (Lipinski definition) is 1. The Kier molecular flexibility index (Phi) is 4.50. The topological polar surface area (TPSA) is 64.4 Å². The number of hydrogen-bond acceptors (Lipinski definition) is 4. The molecule has 0 fully saturated rings. The van der Waals surface area contributed by atoms with Gasteiger partial charge in [0.15, 0.2) is 0 Å². The van der Waals surface area contributed by atoms with E-state index in [4.69, 9.17) is 0 Å². The molecule has 2 rings (SSSR count). The molecule has 0 unspecified atom stereocenters. The lowest BCUT2D eigenvalue weighted by Gasteiger charge is -2.14. The second kappa shape index (κ2) is 6.33. The number of benzene rings is 2. The molecule has 0 bridgehead atoms. The SMILES string of the molecule is O=[N+]([O-])c1ccc(NCc2ccccc2OC(F)(F)F)cc1. The number of nitrogens with zero attached hydrogens (tertiary/aromatic N) is 1. The van der Waals surface area contributed by atoms with Gasteiger partial charge in [-0.2, -0.15) is 0 Å². The van der Waals surface area contributed by atoms with Gasteiger partial charge < -0.3 is 10.1 Å². The summed E-state index contributed by atoms with van der Waals surface area (Å²) in [5, 5.41) is 13.4. The summed E-state index contributed by atoms with van der Waals surface area (Å²) in [4.78, 5) is 10.00. The van der Waals surface area contributed by atoms with Gasteiger partial charge >= 0.3 is 6.36 Å². The third kappa shape index (κ3) is 4.37. The molecule has 0 amide bonds. The summed E-state index contributed by atoms with van der Waals surface area (Å²) in [6.45, 7) is 0.0874. The Morgan fingerprint density at radius 2 is 1.73 bits per heavy atom. The number of rotatable bonds is 5. The fourth-order valence-corrected chi connectivity index (χ4v) is 1.77. The summed E-state index contributed by atoms with van der Waals surface area (Å²) >= 11 is 0. The van der Waals surface area contributed by atoms with Crippen LogP contribution in [0.15, 0.2) is 48.5 Å². The second-order valence-corrected chi connectivity index (χ2v) is 4.31. The molecule has 0 saturated carbocycles. The summed E-state index contributed by atoms with van der Waals surface area (Å²) < 4.78 is 40.8. The Labute approximate surface area is 123 Å². The highest BCUT2D eigenvalue weighted by Crippen LogP contribution is 2.27. The monoisotopic (exact) mass is 312 g/mol. The van der Waals surface area contributed by atoms with E-state index in [-0.39, 0.29) is 18.0 Å². The molecule has 0 saturated heterocycles. The molecule has 0 aliphatic rings. The van der Waals surface area contributed by atoms with Crippen molar-refractivity contribution in [1.82, 2.24) is 0 Å². The molecule has 8 heteroatoms. The van der Waals surface area contributed by atoms with Crippen LogP contribution in [0.1, 0.15) is 5.56 Å². The zero-order valence-electron chi connectivity index (χ0n) is 11.1. The average Bonchev–Trinajstić information content (AvgIpc) is 2.45. The maximum absolute atomic E-state index is 12.3. The Morgan fingerprint density at radius 1 is 1.09 bits per heavy atom. The Balaban J connectivity index is 2.06. The van der Waals surface area contributed by atoms with E-state index in [0.717, 1.165) is 0 Å². The van der Waals surface area contributed by atoms with Crippen molar-refractivity contribution in [2.45, 2.75) is 12.9 Å². The van der Waals surface area contributed by atoms with Crippen LogP contribution in [0.2, 0.25) is 0 Å². The van der Waals surface area contributed by atoms with Crippen molar-refractivity contribution >= 4 is 11.4 Å². The summed E-state index contributed by atoms with van der Waals surface area (Å²) in [6.07, 6.45) is -4.76. The van der Waals surface area contributed by atoms with Gasteiger partial charge in [-0.1, -0.05) is 18.2 Å². The lowest BCUT2D eigenvalue weighted by molar-refractivity contribution is -0.384. The fraction of sp³-hybridized carbons (Fsp3) is 0.143. The number of nitro groups is 1. The molecule has 2 aromatic carbocycles. The number of halogens is 3. The first kappa shape index (κ1) is 15.6. The van der Waals surface area contributed by atoms with Gasteiger partial charge in [-0.3, -0.25) is 10.1 Å². The molecular formula is C14H11F3N2O3. The first-order valence-corrected chi connectivity index (χ1v) is 6.17. The van der Waals surface area contributed by atoms with Crippen LogP contribution in [0, 0.1) is 10.1 Å². The van der Waals surface area contributed by atoms with Crippen LogP contribution in [-0.2, 0) is 6.54 Å². The minimum absolute atomic E-state index is 0.0636. The Morgan fingerprint density at radius 3 is 2.32 bits per heavy atom. The van der Waals surface area contributed by atoms with E-state index >= 15 is 0 Å². The molecule has 0 aliphatic heterocycles. The van der Waals surface area contributed by atoms with Crippen molar-refractivity contribution in [3.63, 3.8) is 0 Å². The molecular weight excluding hydrogens is 301 g/mol. The lowest BCUT2D eigenvalue weighted by Crippen LogP contribution is -2.18. The number of anilines is 1. The van der Waals surface area contributed by atoms with Gasteiger partial charge in [-0.05, 0) is 18.2 Å². The summed E-state index contributed by atoms with van der Waals surface area (Å²) in [5.74, 6) is -0.288. The Bertz CT molecular complexity index is 657. The van der Waals surface area contributed by atoms with Crippen LogP contribution < -0.4 is 10.1 Å². The molecule has 1 N–H and O–H groups in total. The molecule has 0 atom stereocenters. The van der Waals surface area contributed by atoms with Crippen LogP contribution in [0.5, 0.6) is 5.75 Å². The van der Waals surface area contributed by atoms with Crippen molar-refractivity contribution in [1.29, 1.82) is 0 Å².